The number of likely N-dealkylation sites (tertiary alicyclic amines) is 1. The van der Waals surface area contributed by atoms with Gasteiger partial charge in [0.05, 0.1) is 11.9 Å². The number of fused-ring (bicyclic) bond motifs is 1. The molecule has 2 amide bonds. The molecule has 1 saturated heterocycles. The molecule has 3 aromatic rings. The molecule has 4 rings (SSSR count). The molecule has 0 radical (unpaired) electrons. The van der Waals surface area contributed by atoms with Crippen molar-refractivity contribution in [3.05, 3.63) is 69.8 Å². The summed E-state index contributed by atoms with van der Waals surface area (Å²) in [4.78, 5) is 42.0. The molecule has 2 N–H and O–H groups in total. The van der Waals surface area contributed by atoms with Crippen LogP contribution in [0.25, 0.3) is 5.65 Å². The number of hydrogen-bond acceptors (Lipinski definition) is 5. The highest BCUT2D eigenvalue weighted by molar-refractivity contribution is 5.99. The third-order valence-electron chi connectivity index (χ3n) is 5.64. The molecule has 0 aliphatic carbocycles. The van der Waals surface area contributed by atoms with Gasteiger partial charge in [0, 0.05) is 31.6 Å². The Morgan fingerprint density at radius 2 is 1.88 bits per heavy atom. The Bertz CT molecular complexity index is 1200. The van der Waals surface area contributed by atoms with Gasteiger partial charge in [-0.1, -0.05) is 30.3 Å². The Hall–Kier alpha value is -3.62. The maximum absolute atomic E-state index is 12.8. The van der Waals surface area contributed by atoms with Gasteiger partial charge >= 0.3 is 6.09 Å². The van der Waals surface area contributed by atoms with Crippen LogP contribution in [0.4, 0.5) is 4.79 Å². The van der Waals surface area contributed by atoms with Crippen LogP contribution in [0.1, 0.15) is 61.1 Å². The molecule has 1 fully saturated rings. The summed E-state index contributed by atoms with van der Waals surface area (Å²) >= 11 is 0. The van der Waals surface area contributed by atoms with E-state index < -0.39 is 5.60 Å². The van der Waals surface area contributed by atoms with Gasteiger partial charge in [0.25, 0.3) is 11.5 Å². The second-order valence-electron chi connectivity index (χ2n) is 9.29. The second kappa shape index (κ2) is 9.09. The third kappa shape index (κ3) is 5.24. The van der Waals surface area contributed by atoms with Crippen LogP contribution in [0.2, 0.25) is 0 Å². The van der Waals surface area contributed by atoms with Gasteiger partial charge in [-0.2, -0.15) is 5.10 Å². The largest absolute Gasteiger partial charge is 0.444 e. The van der Waals surface area contributed by atoms with Crippen LogP contribution in [0, 0.1) is 0 Å². The van der Waals surface area contributed by atoms with Crippen molar-refractivity contribution in [2.75, 3.05) is 13.1 Å². The van der Waals surface area contributed by atoms with E-state index in [0.29, 0.717) is 43.7 Å². The number of piperidine rings is 1. The van der Waals surface area contributed by atoms with Crippen LogP contribution in [0.3, 0.4) is 0 Å². The Morgan fingerprint density at radius 1 is 1.18 bits per heavy atom. The summed E-state index contributed by atoms with van der Waals surface area (Å²) in [7, 11) is 0. The number of benzene rings is 1. The zero-order valence-electron chi connectivity index (χ0n) is 19.1. The topological polar surface area (TPSA) is 109 Å². The van der Waals surface area contributed by atoms with Gasteiger partial charge < -0.3 is 19.9 Å². The number of rotatable bonds is 4. The molecule has 1 aromatic carbocycles. The van der Waals surface area contributed by atoms with E-state index in [4.69, 9.17) is 4.74 Å². The van der Waals surface area contributed by atoms with E-state index in [-0.39, 0.29) is 23.5 Å². The fraction of sp³-hybridized carbons (Fsp3) is 0.417. The molecular weight excluding hydrogens is 422 g/mol. The maximum atomic E-state index is 12.8. The number of hydrogen-bond donors (Lipinski definition) is 2. The minimum Gasteiger partial charge on any atom is -0.444 e. The quantitative estimate of drug-likeness (QED) is 0.634. The lowest BCUT2D eigenvalue weighted by Gasteiger charge is -2.33. The number of nitrogens with one attached hydrogen (secondary N) is 2. The first kappa shape index (κ1) is 22.6. The lowest BCUT2D eigenvalue weighted by molar-refractivity contribution is 0.0203. The number of H-pyrrole nitrogens is 1. The minimum absolute atomic E-state index is 0.0358. The molecule has 0 atom stereocenters. The van der Waals surface area contributed by atoms with Gasteiger partial charge in [0.2, 0.25) is 0 Å². The van der Waals surface area contributed by atoms with Crippen LogP contribution in [-0.4, -0.2) is 50.2 Å². The maximum Gasteiger partial charge on any atom is 0.410 e. The van der Waals surface area contributed by atoms with Crippen LogP contribution in [0.5, 0.6) is 0 Å². The van der Waals surface area contributed by atoms with E-state index in [1.54, 1.807) is 9.42 Å². The Kier molecular flexibility index (Phi) is 6.22. The summed E-state index contributed by atoms with van der Waals surface area (Å²) in [5.41, 5.74) is 1.57. The first-order valence-corrected chi connectivity index (χ1v) is 11.1. The molecule has 9 heteroatoms. The van der Waals surface area contributed by atoms with Gasteiger partial charge in [-0.25, -0.2) is 9.31 Å². The van der Waals surface area contributed by atoms with Crippen molar-refractivity contribution in [1.29, 1.82) is 0 Å². The van der Waals surface area contributed by atoms with Crippen LogP contribution < -0.4 is 10.9 Å². The van der Waals surface area contributed by atoms with Gasteiger partial charge in [-0.3, -0.25) is 9.59 Å². The third-order valence-corrected chi connectivity index (χ3v) is 5.64. The molecule has 174 valence electrons. The highest BCUT2D eigenvalue weighted by Gasteiger charge is 2.29. The number of nitrogens with zero attached hydrogens (tertiary/aromatic N) is 3. The zero-order chi connectivity index (χ0) is 23.6. The number of ether oxygens (including phenoxy) is 1. The fourth-order valence-electron chi connectivity index (χ4n) is 4.03. The first-order valence-electron chi connectivity index (χ1n) is 11.1. The van der Waals surface area contributed by atoms with E-state index in [0.717, 1.165) is 11.3 Å². The monoisotopic (exact) mass is 451 g/mol. The van der Waals surface area contributed by atoms with E-state index in [2.05, 4.69) is 15.4 Å². The minimum atomic E-state index is -0.542. The number of amides is 2. The summed E-state index contributed by atoms with van der Waals surface area (Å²) in [5.74, 6) is -0.269. The molecule has 0 saturated carbocycles. The fourth-order valence-corrected chi connectivity index (χ4v) is 4.03. The summed E-state index contributed by atoms with van der Waals surface area (Å²) < 4.78 is 7.09. The van der Waals surface area contributed by atoms with Crippen LogP contribution in [0.15, 0.2) is 47.4 Å². The van der Waals surface area contributed by atoms with Crippen molar-refractivity contribution in [1.82, 2.24) is 24.8 Å². The normalized spacial score (nSPS) is 14.9. The SMILES string of the molecule is CC(C)(C)OC(=O)N1CCC(c2cc(=O)[nH]c3c(C(=O)NCc4ccccc4)cnn23)CC1. The first-order chi connectivity index (χ1) is 15.7. The summed E-state index contributed by atoms with van der Waals surface area (Å²) in [6.45, 7) is 6.96. The van der Waals surface area contributed by atoms with Crippen molar-refractivity contribution in [3.8, 4) is 0 Å². The molecular formula is C24H29N5O4. The molecule has 0 spiro atoms. The molecule has 1 aliphatic rings. The highest BCUT2D eigenvalue weighted by Crippen LogP contribution is 2.28. The molecule has 0 unspecified atom stereocenters. The van der Waals surface area contributed by atoms with Crippen LogP contribution >= 0.6 is 0 Å². The lowest BCUT2D eigenvalue weighted by Crippen LogP contribution is -2.41. The Balaban J connectivity index is 1.49. The summed E-state index contributed by atoms with van der Waals surface area (Å²) in [6, 6.07) is 11.1. The average Bonchev–Trinajstić information content (AvgIpc) is 3.20. The van der Waals surface area contributed by atoms with Gasteiger partial charge in [0.1, 0.15) is 16.8 Å². The molecule has 0 bridgehead atoms. The van der Waals surface area contributed by atoms with Gasteiger partial charge in [0.15, 0.2) is 0 Å². The summed E-state index contributed by atoms with van der Waals surface area (Å²) in [6.07, 6.45) is 2.50. The smallest absolute Gasteiger partial charge is 0.410 e. The van der Waals surface area contributed by atoms with E-state index in [1.165, 1.54) is 12.3 Å². The van der Waals surface area contributed by atoms with Gasteiger partial charge in [-0.15, -0.1) is 0 Å². The Morgan fingerprint density at radius 3 is 2.55 bits per heavy atom. The molecule has 3 heterocycles. The van der Waals surface area contributed by atoms with E-state index in [9.17, 15) is 14.4 Å². The second-order valence-corrected chi connectivity index (χ2v) is 9.29. The predicted molar refractivity (Wildman–Crippen MR) is 123 cm³/mol. The number of aromatic amines is 1. The van der Waals surface area contributed by atoms with Crippen molar-refractivity contribution in [2.24, 2.45) is 0 Å². The number of carbonyl (C=O) groups is 2. The van der Waals surface area contributed by atoms with Crippen molar-refractivity contribution < 1.29 is 14.3 Å². The van der Waals surface area contributed by atoms with Gasteiger partial charge in [-0.05, 0) is 39.2 Å². The lowest BCUT2D eigenvalue weighted by atomic mass is 9.93. The standard InChI is InChI=1S/C24H29N5O4/c1-24(2,3)33-23(32)28-11-9-17(10-12-28)19-13-20(30)27-21-18(15-26-29(19)21)22(31)25-14-16-7-5-4-6-8-16/h4-8,13,15,17H,9-12,14H2,1-3H3,(H,25,31)(H,27,30). The molecule has 33 heavy (non-hydrogen) atoms. The van der Waals surface area contributed by atoms with Crippen molar-refractivity contribution >= 4 is 17.6 Å². The molecule has 9 nitrogen and oxygen atoms in total. The van der Waals surface area contributed by atoms with E-state index in [1.807, 2.05) is 51.1 Å². The molecule has 2 aromatic heterocycles. The Labute approximate surface area is 191 Å². The number of carbonyl (C=O) groups excluding carboxylic acids is 2. The molecule has 1 aliphatic heterocycles. The predicted octanol–water partition coefficient (Wildman–Crippen LogP) is 3.07. The average molecular weight is 452 g/mol. The van der Waals surface area contributed by atoms with Crippen molar-refractivity contribution in [3.63, 3.8) is 0 Å². The van der Waals surface area contributed by atoms with Crippen LogP contribution in [-0.2, 0) is 11.3 Å². The number of aromatic nitrogens is 3. The van der Waals surface area contributed by atoms with Crippen molar-refractivity contribution in [2.45, 2.75) is 51.7 Å². The highest BCUT2D eigenvalue weighted by atomic mass is 16.6. The zero-order valence-corrected chi connectivity index (χ0v) is 19.1. The summed E-state index contributed by atoms with van der Waals surface area (Å²) in [5, 5.41) is 7.27. The van der Waals surface area contributed by atoms with E-state index >= 15 is 0 Å².